The molecule has 0 aliphatic rings. The van der Waals surface area contributed by atoms with Crippen LogP contribution >= 0.6 is 0 Å². The van der Waals surface area contributed by atoms with Gasteiger partial charge in [0.2, 0.25) is 0 Å². The van der Waals surface area contributed by atoms with Crippen LogP contribution < -0.4 is 10.5 Å². The highest BCUT2D eigenvalue weighted by Crippen LogP contribution is 2.27. The van der Waals surface area contributed by atoms with Crippen molar-refractivity contribution in [2.75, 3.05) is 10.5 Å². The fourth-order valence-corrected chi connectivity index (χ4v) is 2.93. The van der Waals surface area contributed by atoms with Gasteiger partial charge >= 0.3 is 0 Å². The van der Waals surface area contributed by atoms with Gasteiger partial charge in [-0.2, -0.15) is 5.10 Å². The zero-order chi connectivity index (χ0) is 14.2. The lowest BCUT2D eigenvalue weighted by molar-refractivity contribution is 0.601. The Morgan fingerprint density at radius 1 is 1.32 bits per heavy atom. The smallest absolute Gasteiger partial charge is 0.265 e. The van der Waals surface area contributed by atoms with E-state index in [-0.39, 0.29) is 4.90 Å². The van der Waals surface area contributed by atoms with Crippen LogP contribution in [0.1, 0.15) is 11.1 Å². The van der Waals surface area contributed by atoms with E-state index < -0.39 is 10.0 Å². The van der Waals surface area contributed by atoms with E-state index in [4.69, 9.17) is 5.73 Å². The van der Waals surface area contributed by atoms with Crippen LogP contribution in [0.3, 0.4) is 0 Å². The summed E-state index contributed by atoms with van der Waals surface area (Å²) in [6.45, 7) is 3.61. The number of benzene rings is 1. The number of nitrogens with zero attached hydrogens (tertiary/aromatic N) is 2. The standard InChI is InChI=1S/C12H16N4O2S/c1-8-4-5-11(13)9(2)12(8)15-19(17,18)10-6-14-16(3)7-10/h4-7,15H,13H2,1-3H3. The maximum Gasteiger partial charge on any atom is 0.265 e. The second kappa shape index (κ2) is 4.58. The van der Waals surface area contributed by atoms with Crippen molar-refractivity contribution in [3.8, 4) is 0 Å². The summed E-state index contributed by atoms with van der Waals surface area (Å²) >= 11 is 0. The highest BCUT2D eigenvalue weighted by Gasteiger charge is 2.18. The van der Waals surface area contributed by atoms with Gasteiger partial charge in [-0.05, 0) is 31.0 Å². The summed E-state index contributed by atoms with van der Waals surface area (Å²) in [6, 6.07) is 3.54. The largest absolute Gasteiger partial charge is 0.398 e. The lowest BCUT2D eigenvalue weighted by atomic mass is 10.1. The van der Waals surface area contributed by atoms with Crippen molar-refractivity contribution < 1.29 is 8.42 Å². The minimum absolute atomic E-state index is 0.122. The minimum Gasteiger partial charge on any atom is -0.398 e. The Labute approximate surface area is 112 Å². The Kier molecular flexibility index (Phi) is 3.23. The molecule has 0 spiro atoms. The van der Waals surface area contributed by atoms with Gasteiger partial charge in [-0.3, -0.25) is 9.40 Å². The Hall–Kier alpha value is -2.02. The molecule has 3 N–H and O–H groups in total. The lowest BCUT2D eigenvalue weighted by Gasteiger charge is -2.13. The third-order valence-electron chi connectivity index (χ3n) is 2.94. The molecular weight excluding hydrogens is 264 g/mol. The molecule has 6 nitrogen and oxygen atoms in total. The lowest BCUT2D eigenvalue weighted by Crippen LogP contribution is -2.14. The molecule has 7 heteroatoms. The average Bonchev–Trinajstić information content (AvgIpc) is 2.77. The number of nitrogens with two attached hydrogens (primary N) is 1. The van der Waals surface area contributed by atoms with Crippen LogP contribution in [0, 0.1) is 13.8 Å². The van der Waals surface area contributed by atoms with Crippen LogP contribution in [-0.2, 0) is 17.1 Å². The van der Waals surface area contributed by atoms with Crippen molar-refractivity contribution in [2.45, 2.75) is 18.7 Å². The number of aromatic nitrogens is 2. The van der Waals surface area contributed by atoms with Gasteiger partial charge in [0.1, 0.15) is 4.90 Å². The predicted octanol–water partition coefficient (Wildman–Crippen LogP) is 1.42. The molecule has 0 saturated heterocycles. The normalized spacial score (nSPS) is 11.5. The fourth-order valence-electron chi connectivity index (χ4n) is 1.75. The molecule has 1 aromatic heterocycles. The molecule has 2 rings (SSSR count). The highest BCUT2D eigenvalue weighted by molar-refractivity contribution is 7.92. The second-order valence-corrected chi connectivity index (χ2v) is 6.11. The third-order valence-corrected chi connectivity index (χ3v) is 4.25. The van der Waals surface area contributed by atoms with Crippen molar-refractivity contribution in [3.05, 3.63) is 35.7 Å². The Bertz CT molecular complexity index is 719. The molecule has 0 aliphatic carbocycles. The molecule has 0 fully saturated rings. The van der Waals surface area contributed by atoms with Crippen LogP contribution in [0.4, 0.5) is 11.4 Å². The summed E-state index contributed by atoms with van der Waals surface area (Å²) in [5.74, 6) is 0. The quantitative estimate of drug-likeness (QED) is 0.832. The van der Waals surface area contributed by atoms with Crippen molar-refractivity contribution >= 4 is 21.4 Å². The number of nitrogens with one attached hydrogen (secondary N) is 1. The van der Waals surface area contributed by atoms with Gasteiger partial charge < -0.3 is 5.73 Å². The zero-order valence-corrected chi connectivity index (χ0v) is 11.8. The van der Waals surface area contributed by atoms with E-state index in [9.17, 15) is 8.42 Å². The third kappa shape index (κ3) is 2.55. The summed E-state index contributed by atoms with van der Waals surface area (Å²) in [7, 11) is -1.98. The average molecular weight is 280 g/mol. The summed E-state index contributed by atoms with van der Waals surface area (Å²) < 4.78 is 28.5. The number of aryl methyl sites for hydroxylation is 2. The van der Waals surface area contributed by atoms with Crippen molar-refractivity contribution in [3.63, 3.8) is 0 Å². The van der Waals surface area contributed by atoms with Gasteiger partial charge in [-0.1, -0.05) is 6.07 Å². The van der Waals surface area contributed by atoms with Crippen molar-refractivity contribution in [1.29, 1.82) is 0 Å². The van der Waals surface area contributed by atoms with E-state index in [1.165, 1.54) is 17.1 Å². The summed E-state index contributed by atoms with van der Waals surface area (Å²) in [6.07, 6.45) is 2.75. The predicted molar refractivity (Wildman–Crippen MR) is 74.3 cm³/mol. The number of rotatable bonds is 3. The van der Waals surface area contributed by atoms with Crippen LogP contribution in [0.25, 0.3) is 0 Å². The van der Waals surface area contributed by atoms with Crippen LogP contribution in [0.2, 0.25) is 0 Å². The number of sulfonamides is 1. The molecule has 102 valence electrons. The Balaban J connectivity index is 2.44. The topological polar surface area (TPSA) is 90.0 Å². The number of nitrogen functional groups attached to an aromatic ring is 1. The van der Waals surface area contributed by atoms with Gasteiger partial charge in [0.05, 0.1) is 11.9 Å². The first-order valence-corrected chi connectivity index (χ1v) is 7.17. The van der Waals surface area contributed by atoms with Crippen molar-refractivity contribution in [1.82, 2.24) is 9.78 Å². The molecule has 0 radical (unpaired) electrons. The van der Waals surface area contributed by atoms with E-state index in [1.807, 2.05) is 6.92 Å². The summed E-state index contributed by atoms with van der Waals surface area (Å²) in [5, 5.41) is 3.86. The van der Waals surface area contributed by atoms with Crippen LogP contribution in [0.15, 0.2) is 29.4 Å². The van der Waals surface area contributed by atoms with E-state index in [0.29, 0.717) is 16.9 Å². The number of hydrogen-bond donors (Lipinski definition) is 2. The highest BCUT2D eigenvalue weighted by atomic mass is 32.2. The molecule has 0 atom stereocenters. The monoisotopic (exact) mass is 280 g/mol. The van der Waals surface area contributed by atoms with E-state index in [0.717, 1.165) is 5.56 Å². The molecule has 19 heavy (non-hydrogen) atoms. The van der Waals surface area contributed by atoms with E-state index in [1.54, 1.807) is 26.1 Å². The molecule has 0 unspecified atom stereocenters. The van der Waals surface area contributed by atoms with E-state index >= 15 is 0 Å². The van der Waals surface area contributed by atoms with E-state index in [2.05, 4.69) is 9.82 Å². The van der Waals surface area contributed by atoms with Gasteiger partial charge in [-0.25, -0.2) is 8.42 Å². The summed E-state index contributed by atoms with van der Waals surface area (Å²) in [5.41, 5.74) is 8.40. The van der Waals surface area contributed by atoms with Gasteiger partial charge in [0.15, 0.2) is 0 Å². The second-order valence-electron chi connectivity index (χ2n) is 4.43. The van der Waals surface area contributed by atoms with Gasteiger partial charge in [0, 0.05) is 18.9 Å². The van der Waals surface area contributed by atoms with Crippen LogP contribution in [-0.4, -0.2) is 18.2 Å². The van der Waals surface area contributed by atoms with Gasteiger partial charge in [0.25, 0.3) is 10.0 Å². The van der Waals surface area contributed by atoms with Crippen LogP contribution in [0.5, 0.6) is 0 Å². The molecule has 0 aliphatic heterocycles. The fraction of sp³-hybridized carbons (Fsp3) is 0.250. The molecule has 0 bridgehead atoms. The first-order chi connectivity index (χ1) is 8.81. The first kappa shape index (κ1) is 13.4. The maximum atomic E-state index is 12.2. The molecule has 0 amide bonds. The Morgan fingerprint density at radius 2 is 2.00 bits per heavy atom. The zero-order valence-electron chi connectivity index (χ0n) is 11.0. The molecule has 0 saturated carbocycles. The SMILES string of the molecule is Cc1ccc(N)c(C)c1NS(=O)(=O)c1cnn(C)c1. The van der Waals surface area contributed by atoms with Gasteiger partial charge in [-0.15, -0.1) is 0 Å². The molecule has 1 heterocycles. The number of anilines is 2. The molecular formula is C12H16N4O2S. The summed E-state index contributed by atoms with van der Waals surface area (Å²) in [4.78, 5) is 0.122. The Morgan fingerprint density at radius 3 is 2.58 bits per heavy atom. The molecule has 2 aromatic rings. The first-order valence-electron chi connectivity index (χ1n) is 5.68. The van der Waals surface area contributed by atoms with Crippen molar-refractivity contribution in [2.24, 2.45) is 7.05 Å². The number of hydrogen-bond acceptors (Lipinski definition) is 4. The minimum atomic E-state index is -3.64. The molecule has 1 aromatic carbocycles. The maximum absolute atomic E-state index is 12.2.